The van der Waals surface area contributed by atoms with E-state index in [0.29, 0.717) is 0 Å². The van der Waals surface area contributed by atoms with E-state index in [0.717, 1.165) is 39.5 Å². The van der Waals surface area contributed by atoms with Gasteiger partial charge in [-0.3, -0.25) is 0 Å². The van der Waals surface area contributed by atoms with Crippen molar-refractivity contribution in [2.45, 2.75) is 105 Å². The Morgan fingerprint density at radius 1 is 0.232 bits per heavy atom. The fraction of sp³-hybridized carbons (Fsp3) is 0.170. The summed E-state index contributed by atoms with van der Waals surface area (Å²) in [7, 11) is 0. The highest BCUT2D eigenvalue weighted by atomic mass is 15.2. The van der Waals surface area contributed by atoms with Crippen molar-refractivity contribution in [3.8, 4) is 55.9 Å². The van der Waals surface area contributed by atoms with Crippen molar-refractivity contribution < 1.29 is 0 Å². The molecule has 99 heavy (non-hydrogen) atoms. The Hall–Kier alpha value is -10.9. The van der Waals surface area contributed by atoms with E-state index in [1.165, 1.54) is 133 Å². The molecule has 0 N–H and O–H groups in total. The van der Waals surface area contributed by atoms with Crippen molar-refractivity contribution >= 4 is 101 Å². The highest BCUT2D eigenvalue weighted by Gasteiger charge is 2.45. The van der Waals surface area contributed by atoms with Crippen molar-refractivity contribution in [2.75, 3.05) is 9.80 Å². The maximum Gasteiger partial charge on any atom is 0.252 e. The first-order chi connectivity index (χ1) is 47.6. The summed E-state index contributed by atoms with van der Waals surface area (Å²) in [4.78, 5) is 5.33. The summed E-state index contributed by atoms with van der Waals surface area (Å²) in [5.41, 5.74) is 31.9. The predicted octanol–water partition coefficient (Wildman–Crippen LogP) is 23.8. The molecule has 0 unspecified atom stereocenters. The van der Waals surface area contributed by atoms with Crippen LogP contribution in [-0.2, 0) is 21.7 Å². The molecule has 4 nitrogen and oxygen atoms in total. The molecular weight excluding hydrogens is 1200 g/mol. The van der Waals surface area contributed by atoms with Crippen LogP contribution in [0.4, 0.5) is 34.1 Å². The Labute approximate surface area is 584 Å². The number of nitrogens with zero attached hydrogens (tertiary/aromatic N) is 4. The monoisotopic (exact) mass is 1280 g/mol. The molecule has 2 aromatic heterocycles. The van der Waals surface area contributed by atoms with Gasteiger partial charge in [-0.05, 0) is 196 Å². The second-order valence-electron chi connectivity index (χ2n) is 31.9. The first-order valence-electron chi connectivity index (χ1n) is 35.3. The summed E-state index contributed by atoms with van der Waals surface area (Å²) < 4.78 is 4.97. The van der Waals surface area contributed by atoms with Crippen LogP contribution in [0.25, 0.3) is 99.5 Å². The molecule has 0 fully saturated rings. The minimum atomic E-state index is -0.264. The lowest BCUT2D eigenvalue weighted by molar-refractivity contribution is 0.569. The van der Waals surface area contributed by atoms with Crippen molar-refractivity contribution in [2.24, 2.45) is 0 Å². The minimum absolute atomic E-state index is 0.0692. The number of benzene rings is 13. The molecule has 2 aliphatic heterocycles. The van der Waals surface area contributed by atoms with Crippen LogP contribution in [0.15, 0.2) is 285 Å². The van der Waals surface area contributed by atoms with E-state index in [1.807, 2.05) is 0 Å². The molecule has 0 aliphatic carbocycles. The Morgan fingerprint density at radius 3 is 1.19 bits per heavy atom. The maximum atomic E-state index is 2.67. The molecule has 0 amide bonds. The van der Waals surface area contributed by atoms with Gasteiger partial charge >= 0.3 is 0 Å². The first-order valence-corrected chi connectivity index (χ1v) is 35.3. The van der Waals surface area contributed by atoms with E-state index >= 15 is 0 Å². The number of hydrogen-bond acceptors (Lipinski definition) is 2. The average Bonchev–Trinajstić information content (AvgIpc) is 1.25. The van der Waals surface area contributed by atoms with Gasteiger partial charge in [-0.1, -0.05) is 271 Å². The van der Waals surface area contributed by atoms with Gasteiger partial charge in [0.05, 0.1) is 27.8 Å². The Balaban J connectivity index is 0.975. The third-order valence-corrected chi connectivity index (χ3v) is 21.3. The van der Waals surface area contributed by atoms with Crippen LogP contribution >= 0.6 is 0 Å². The lowest BCUT2D eigenvalue weighted by Gasteiger charge is -2.46. The lowest BCUT2D eigenvalue weighted by Crippen LogP contribution is -2.61. The highest BCUT2D eigenvalue weighted by Crippen LogP contribution is 2.51. The molecule has 2 aliphatic rings. The van der Waals surface area contributed by atoms with E-state index < -0.39 is 0 Å². The average molecular weight is 1280 g/mol. The summed E-state index contributed by atoms with van der Waals surface area (Å²) in [5.74, 6) is 0. The largest absolute Gasteiger partial charge is 0.311 e. The standard InChI is InChI=1S/C94H83BN4/c1-91(2,3)67-41-46-84(77(55-67)62-32-20-15-21-33-62)99-87-59-72(97-83-39-27-24-36-76(83)78-58-71(43-47-85(78)97)96-81-37-25-22-34-74(81)75-35-23-26-38-82(75)96)42-45-80(87)95-79-44-40-63(66-49-68(92(4,5)6)54-69(50-66)93(7,8)9)53-86(79)98(88-56-70(94(10,11)12)57-89(99)90(88)95)73-51-64(60-28-16-13-17-29-60)48-65(52-73)61-30-18-14-19-31-61/h13-59H,1-12H3. The molecule has 15 aromatic rings. The number of anilines is 6. The van der Waals surface area contributed by atoms with Gasteiger partial charge in [-0.15, -0.1) is 0 Å². The molecule has 13 aromatic carbocycles. The van der Waals surface area contributed by atoms with Crippen LogP contribution < -0.4 is 26.2 Å². The zero-order valence-electron chi connectivity index (χ0n) is 59.0. The van der Waals surface area contributed by atoms with Crippen molar-refractivity contribution in [3.05, 3.63) is 307 Å². The van der Waals surface area contributed by atoms with Gasteiger partial charge in [0.25, 0.3) is 6.71 Å². The van der Waals surface area contributed by atoms with Gasteiger partial charge in [0, 0.05) is 66.9 Å². The molecule has 0 bridgehead atoms. The Kier molecular flexibility index (Phi) is 14.2. The molecule has 0 saturated heterocycles. The second kappa shape index (κ2) is 22.9. The van der Waals surface area contributed by atoms with Gasteiger partial charge in [0.15, 0.2) is 0 Å². The summed E-state index contributed by atoms with van der Waals surface area (Å²) in [6, 6.07) is 109. The van der Waals surface area contributed by atoms with Crippen molar-refractivity contribution in [3.63, 3.8) is 0 Å². The lowest BCUT2D eigenvalue weighted by atomic mass is 9.33. The first kappa shape index (κ1) is 61.7. The zero-order valence-corrected chi connectivity index (χ0v) is 59.0. The predicted molar refractivity (Wildman–Crippen MR) is 426 cm³/mol. The summed E-state index contributed by atoms with van der Waals surface area (Å²) in [6.45, 7) is 28.1. The number of fused-ring (bicyclic) bond motifs is 10. The van der Waals surface area contributed by atoms with Gasteiger partial charge in [-0.25, -0.2) is 0 Å². The fourth-order valence-electron chi connectivity index (χ4n) is 15.9. The summed E-state index contributed by atoms with van der Waals surface area (Å²) in [6.07, 6.45) is 0. The fourth-order valence-corrected chi connectivity index (χ4v) is 15.9. The summed E-state index contributed by atoms with van der Waals surface area (Å²) >= 11 is 0. The minimum Gasteiger partial charge on any atom is -0.311 e. The van der Waals surface area contributed by atoms with E-state index in [2.05, 4.69) is 387 Å². The van der Waals surface area contributed by atoms with Crippen molar-refractivity contribution in [1.82, 2.24) is 9.13 Å². The zero-order chi connectivity index (χ0) is 68.0. The molecule has 17 rings (SSSR count). The van der Waals surface area contributed by atoms with E-state index in [4.69, 9.17) is 0 Å². The molecule has 482 valence electrons. The van der Waals surface area contributed by atoms with Crippen LogP contribution in [0.5, 0.6) is 0 Å². The second-order valence-corrected chi connectivity index (χ2v) is 31.9. The molecule has 0 radical (unpaired) electrons. The van der Waals surface area contributed by atoms with Crippen molar-refractivity contribution in [1.29, 1.82) is 0 Å². The van der Waals surface area contributed by atoms with Crippen LogP contribution in [-0.4, -0.2) is 15.8 Å². The van der Waals surface area contributed by atoms with E-state index in [9.17, 15) is 0 Å². The molecule has 0 saturated carbocycles. The molecule has 5 heteroatoms. The number of hydrogen-bond donors (Lipinski definition) is 0. The van der Waals surface area contributed by atoms with Crippen LogP contribution in [0.3, 0.4) is 0 Å². The van der Waals surface area contributed by atoms with Gasteiger partial charge in [0.1, 0.15) is 0 Å². The Morgan fingerprint density at radius 2 is 0.657 bits per heavy atom. The SMILES string of the molecule is CC(C)(C)c1cc(-c2ccc3c(c2)N(c2cc(-c4ccccc4)cc(-c4ccccc4)c2)c2cc(C(C)(C)C)cc4c2B3c2ccc(-n3c5ccccc5c5cc(-n6c7ccccc7c7ccccc76)ccc53)cc2N4c2ccc(C(C)(C)C)cc2-c2ccccc2)cc(C(C)(C)C)c1. The molecular formula is C94H83BN4. The Bertz CT molecular complexity index is 5580. The third kappa shape index (κ3) is 10.4. The number of rotatable bonds is 8. The quantitative estimate of drug-likeness (QED) is 0.141. The van der Waals surface area contributed by atoms with E-state index in [1.54, 1.807) is 0 Å². The van der Waals surface area contributed by atoms with Gasteiger partial charge in [-0.2, -0.15) is 0 Å². The van der Waals surface area contributed by atoms with Crippen LogP contribution in [0, 0.1) is 0 Å². The number of para-hydroxylation sites is 3. The van der Waals surface area contributed by atoms with Crippen LogP contribution in [0.2, 0.25) is 0 Å². The molecule has 4 heterocycles. The van der Waals surface area contributed by atoms with E-state index in [-0.39, 0.29) is 28.4 Å². The molecule has 0 atom stereocenters. The molecule has 0 spiro atoms. The van der Waals surface area contributed by atoms with Gasteiger partial charge < -0.3 is 18.9 Å². The smallest absolute Gasteiger partial charge is 0.252 e. The summed E-state index contributed by atoms with van der Waals surface area (Å²) in [5, 5.41) is 4.93. The van der Waals surface area contributed by atoms with Crippen LogP contribution in [0.1, 0.15) is 105 Å². The number of aromatic nitrogens is 2. The maximum absolute atomic E-state index is 2.67. The normalized spacial score (nSPS) is 13.2. The van der Waals surface area contributed by atoms with Gasteiger partial charge in [0.2, 0.25) is 0 Å². The third-order valence-electron chi connectivity index (χ3n) is 21.3. The topological polar surface area (TPSA) is 16.3 Å². The highest BCUT2D eigenvalue weighted by molar-refractivity contribution is 7.00.